The lowest BCUT2D eigenvalue weighted by molar-refractivity contribution is -0.222. The standard InChI is InChI=1S/C12H21F3N2O3/c1-10(2,8(18)12(13,14)15)17-9(19)16-7-11(3)5-4-6-20-11/h8,18H,4-7H2,1-3H3,(H2,16,17,19). The van der Waals surface area contributed by atoms with Gasteiger partial charge in [-0.25, -0.2) is 4.79 Å². The number of alkyl halides is 3. The molecule has 1 aliphatic rings. The van der Waals surface area contributed by atoms with Crippen LogP contribution in [0.2, 0.25) is 0 Å². The molecule has 0 aromatic heterocycles. The smallest absolute Gasteiger partial charge is 0.382 e. The van der Waals surface area contributed by atoms with Gasteiger partial charge in [0.25, 0.3) is 0 Å². The number of aliphatic hydroxyl groups is 1. The second kappa shape index (κ2) is 5.77. The Balaban J connectivity index is 2.48. The maximum atomic E-state index is 12.4. The molecule has 118 valence electrons. The first-order chi connectivity index (χ1) is 8.96. The van der Waals surface area contributed by atoms with Gasteiger partial charge in [-0.2, -0.15) is 13.2 Å². The number of rotatable bonds is 4. The molecule has 20 heavy (non-hydrogen) atoms. The highest BCUT2D eigenvalue weighted by Gasteiger charge is 2.48. The van der Waals surface area contributed by atoms with E-state index < -0.39 is 29.5 Å². The first kappa shape index (κ1) is 17.0. The molecule has 0 aromatic rings. The van der Waals surface area contributed by atoms with E-state index in [-0.39, 0.29) is 6.54 Å². The quantitative estimate of drug-likeness (QED) is 0.737. The van der Waals surface area contributed by atoms with E-state index in [2.05, 4.69) is 10.6 Å². The summed E-state index contributed by atoms with van der Waals surface area (Å²) in [7, 11) is 0. The van der Waals surface area contributed by atoms with Gasteiger partial charge in [0.15, 0.2) is 6.10 Å². The summed E-state index contributed by atoms with van der Waals surface area (Å²) in [5.74, 6) is 0. The van der Waals surface area contributed by atoms with Crippen molar-refractivity contribution in [1.29, 1.82) is 0 Å². The number of hydrogen-bond acceptors (Lipinski definition) is 3. The maximum Gasteiger partial charge on any atom is 0.416 e. The van der Waals surface area contributed by atoms with Crippen LogP contribution in [0.25, 0.3) is 0 Å². The Bertz CT molecular complexity index is 352. The predicted octanol–water partition coefficient (Wildman–Crippen LogP) is 1.56. The molecule has 2 atom stereocenters. The zero-order chi connectivity index (χ0) is 15.6. The molecule has 1 rings (SSSR count). The van der Waals surface area contributed by atoms with Crippen LogP contribution in [0.4, 0.5) is 18.0 Å². The summed E-state index contributed by atoms with van der Waals surface area (Å²) in [4.78, 5) is 11.6. The Morgan fingerprint density at radius 1 is 1.45 bits per heavy atom. The molecule has 0 radical (unpaired) electrons. The van der Waals surface area contributed by atoms with Gasteiger partial charge in [0.1, 0.15) is 0 Å². The van der Waals surface area contributed by atoms with Crippen LogP contribution in [0, 0.1) is 0 Å². The fraction of sp³-hybridized carbons (Fsp3) is 0.917. The third-order valence-corrected chi connectivity index (χ3v) is 3.35. The molecule has 0 bridgehead atoms. The lowest BCUT2D eigenvalue weighted by Gasteiger charge is -2.33. The average Bonchev–Trinajstić information content (AvgIpc) is 2.71. The van der Waals surface area contributed by atoms with Crippen LogP contribution in [-0.2, 0) is 4.74 Å². The number of carbonyl (C=O) groups is 1. The average molecular weight is 298 g/mol. The van der Waals surface area contributed by atoms with E-state index in [0.29, 0.717) is 6.61 Å². The van der Waals surface area contributed by atoms with Crippen molar-refractivity contribution in [2.24, 2.45) is 0 Å². The Morgan fingerprint density at radius 2 is 2.05 bits per heavy atom. The number of nitrogens with one attached hydrogen (secondary N) is 2. The van der Waals surface area contributed by atoms with Gasteiger partial charge in [0, 0.05) is 13.2 Å². The number of carbonyl (C=O) groups excluding carboxylic acids is 1. The molecule has 0 spiro atoms. The minimum absolute atomic E-state index is 0.205. The van der Waals surface area contributed by atoms with Crippen LogP contribution in [0.15, 0.2) is 0 Å². The van der Waals surface area contributed by atoms with Gasteiger partial charge in [-0.15, -0.1) is 0 Å². The highest BCUT2D eigenvalue weighted by molar-refractivity contribution is 5.74. The van der Waals surface area contributed by atoms with Crippen LogP contribution in [0.3, 0.4) is 0 Å². The Labute approximate surface area is 115 Å². The minimum atomic E-state index is -4.79. The second-order valence-corrected chi connectivity index (χ2v) is 5.88. The van der Waals surface area contributed by atoms with E-state index in [9.17, 15) is 23.1 Å². The minimum Gasteiger partial charge on any atom is -0.382 e. The Kier molecular flexibility index (Phi) is 4.91. The number of halogens is 3. The summed E-state index contributed by atoms with van der Waals surface area (Å²) in [6.45, 7) is 4.86. The van der Waals surface area contributed by atoms with E-state index in [1.54, 1.807) is 0 Å². The van der Waals surface area contributed by atoms with Gasteiger partial charge < -0.3 is 20.5 Å². The van der Waals surface area contributed by atoms with E-state index in [1.807, 2.05) is 6.92 Å². The van der Waals surface area contributed by atoms with E-state index in [4.69, 9.17) is 4.74 Å². The number of urea groups is 1. The largest absolute Gasteiger partial charge is 0.416 e. The number of amides is 2. The zero-order valence-corrected chi connectivity index (χ0v) is 11.8. The molecular formula is C12H21F3N2O3. The third kappa shape index (κ3) is 4.52. The molecular weight excluding hydrogens is 277 g/mol. The zero-order valence-electron chi connectivity index (χ0n) is 11.8. The first-order valence-corrected chi connectivity index (χ1v) is 6.41. The molecule has 2 amide bonds. The molecule has 1 saturated heterocycles. The highest BCUT2D eigenvalue weighted by atomic mass is 19.4. The normalized spacial score (nSPS) is 25.4. The fourth-order valence-electron chi connectivity index (χ4n) is 2.06. The van der Waals surface area contributed by atoms with Gasteiger partial charge in [-0.3, -0.25) is 0 Å². The molecule has 0 saturated carbocycles. The summed E-state index contributed by atoms with van der Waals surface area (Å²) in [5, 5.41) is 13.8. The van der Waals surface area contributed by atoms with E-state index in [1.165, 1.54) is 0 Å². The molecule has 5 nitrogen and oxygen atoms in total. The maximum absolute atomic E-state index is 12.4. The summed E-state index contributed by atoms with van der Waals surface area (Å²) in [6, 6.07) is -0.768. The van der Waals surface area contributed by atoms with Crippen LogP contribution >= 0.6 is 0 Å². The van der Waals surface area contributed by atoms with Crippen LogP contribution in [0.5, 0.6) is 0 Å². The predicted molar refractivity (Wildman–Crippen MR) is 66.3 cm³/mol. The van der Waals surface area contributed by atoms with Crippen molar-refractivity contribution in [1.82, 2.24) is 10.6 Å². The van der Waals surface area contributed by atoms with Crippen molar-refractivity contribution in [3.8, 4) is 0 Å². The third-order valence-electron chi connectivity index (χ3n) is 3.35. The number of ether oxygens (including phenoxy) is 1. The monoisotopic (exact) mass is 298 g/mol. The second-order valence-electron chi connectivity index (χ2n) is 5.88. The summed E-state index contributed by atoms with van der Waals surface area (Å²) < 4.78 is 42.8. The van der Waals surface area contributed by atoms with Crippen LogP contribution < -0.4 is 10.6 Å². The number of aliphatic hydroxyl groups excluding tert-OH is 1. The Morgan fingerprint density at radius 3 is 2.50 bits per heavy atom. The molecule has 2 unspecified atom stereocenters. The van der Waals surface area contributed by atoms with Gasteiger partial charge in [-0.05, 0) is 33.6 Å². The van der Waals surface area contributed by atoms with Gasteiger partial charge in [-0.1, -0.05) is 0 Å². The van der Waals surface area contributed by atoms with Crippen LogP contribution in [0.1, 0.15) is 33.6 Å². The molecule has 8 heteroatoms. The van der Waals surface area contributed by atoms with Crippen molar-refractivity contribution in [3.63, 3.8) is 0 Å². The van der Waals surface area contributed by atoms with Crippen LogP contribution in [-0.4, -0.2) is 47.7 Å². The lowest BCUT2D eigenvalue weighted by Crippen LogP contribution is -2.60. The van der Waals surface area contributed by atoms with Crippen molar-refractivity contribution in [3.05, 3.63) is 0 Å². The summed E-state index contributed by atoms with van der Waals surface area (Å²) >= 11 is 0. The lowest BCUT2D eigenvalue weighted by atomic mass is 9.97. The Hall–Kier alpha value is -1.02. The topological polar surface area (TPSA) is 70.6 Å². The van der Waals surface area contributed by atoms with E-state index in [0.717, 1.165) is 26.7 Å². The van der Waals surface area contributed by atoms with Crippen molar-refractivity contribution in [2.75, 3.05) is 13.2 Å². The first-order valence-electron chi connectivity index (χ1n) is 6.41. The van der Waals surface area contributed by atoms with Crippen molar-refractivity contribution in [2.45, 2.75) is 57.0 Å². The number of hydrogen-bond donors (Lipinski definition) is 3. The van der Waals surface area contributed by atoms with Crippen molar-refractivity contribution < 1.29 is 27.8 Å². The van der Waals surface area contributed by atoms with Gasteiger partial charge in [0.05, 0.1) is 11.1 Å². The van der Waals surface area contributed by atoms with Crippen molar-refractivity contribution >= 4 is 6.03 Å². The fourth-order valence-corrected chi connectivity index (χ4v) is 2.06. The van der Waals surface area contributed by atoms with Gasteiger partial charge in [0.2, 0.25) is 0 Å². The summed E-state index contributed by atoms with van der Waals surface area (Å²) in [6.07, 6.45) is -5.77. The SMILES string of the molecule is CC1(CNC(=O)NC(C)(C)C(O)C(F)(F)F)CCCO1. The molecule has 0 aromatic carbocycles. The molecule has 1 aliphatic heterocycles. The molecule has 1 fully saturated rings. The molecule has 3 N–H and O–H groups in total. The van der Waals surface area contributed by atoms with E-state index >= 15 is 0 Å². The van der Waals surface area contributed by atoms with Gasteiger partial charge >= 0.3 is 12.2 Å². The molecule has 1 heterocycles. The highest BCUT2D eigenvalue weighted by Crippen LogP contribution is 2.28. The molecule has 0 aliphatic carbocycles. The summed E-state index contributed by atoms with van der Waals surface area (Å²) in [5.41, 5.74) is -2.30.